The minimum absolute atomic E-state index is 0.415. The maximum absolute atomic E-state index is 6.16. The SMILES string of the molecule is Cc1n[nH]c(=S)n1/N=C\c1ccc(-c2cc(Cl)ccc2Cl)o1. The lowest BCUT2D eigenvalue weighted by atomic mass is 10.2. The van der Waals surface area contributed by atoms with E-state index >= 15 is 0 Å². The van der Waals surface area contributed by atoms with Crippen molar-refractivity contribution >= 4 is 41.6 Å². The Kier molecular flexibility index (Phi) is 4.15. The summed E-state index contributed by atoms with van der Waals surface area (Å²) in [5.74, 6) is 1.83. The third kappa shape index (κ3) is 2.99. The fraction of sp³-hybridized carbons (Fsp3) is 0.0714. The van der Waals surface area contributed by atoms with Crippen LogP contribution < -0.4 is 0 Å². The molecule has 0 radical (unpaired) electrons. The highest BCUT2D eigenvalue weighted by Crippen LogP contribution is 2.31. The summed E-state index contributed by atoms with van der Waals surface area (Å²) in [5.41, 5.74) is 0.727. The molecule has 0 spiro atoms. The van der Waals surface area contributed by atoms with E-state index in [4.69, 9.17) is 39.8 Å². The van der Waals surface area contributed by atoms with Gasteiger partial charge in [-0.05, 0) is 49.5 Å². The molecular weight excluding hydrogens is 343 g/mol. The first-order chi connectivity index (χ1) is 10.5. The van der Waals surface area contributed by atoms with Crippen LogP contribution in [0.1, 0.15) is 11.6 Å². The second kappa shape index (κ2) is 6.08. The summed E-state index contributed by atoms with van der Waals surface area (Å²) in [7, 11) is 0. The number of aryl methyl sites for hydroxylation is 1. The van der Waals surface area contributed by atoms with Gasteiger partial charge in [-0.1, -0.05) is 23.2 Å². The summed E-state index contributed by atoms with van der Waals surface area (Å²) in [5, 5.41) is 12.0. The number of H-pyrrole nitrogens is 1. The Morgan fingerprint density at radius 3 is 2.86 bits per heavy atom. The van der Waals surface area contributed by atoms with Crippen LogP contribution in [0.4, 0.5) is 0 Å². The highest BCUT2D eigenvalue weighted by Gasteiger charge is 2.09. The molecule has 2 aromatic heterocycles. The van der Waals surface area contributed by atoms with Gasteiger partial charge in [0, 0.05) is 10.6 Å². The van der Waals surface area contributed by atoms with E-state index in [1.807, 2.05) is 0 Å². The van der Waals surface area contributed by atoms with E-state index in [0.29, 0.717) is 32.2 Å². The Bertz CT molecular complexity index is 910. The first kappa shape index (κ1) is 15.0. The van der Waals surface area contributed by atoms with Gasteiger partial charge >= 0.3 is 0 Å². The predicted molar refractivity (Wildman–Crippen MR) is 89.3 cm³/mol. The van der Waals surface area contributed by atoms with Crippen LogP contribution >= 0.6 is 35.4 Å². The fourth-order valence-corrected chi connectivity index (χ4v) is 2.48. The van der Waals surface area contributed by atoms with Gasteiger partial charge in [-0.15, -0.1) is 0 Å². The van der Waals surface area contributed by atoms with Gasteiger partial charge in [-0.25, -0.2) is 0 Å². The summed E-state index contributed by atoms with van der Waals surface area (Å²) in [6.45, 7) is 1.79. The van der Waals surface area contributed by atoms with Crippen molar-refractivity contribution in [2.75, 3.05) is 0 Å². The molecule has 1 aromatic carbocycles. The minimum Gasteiger partial charge on any atom is -0.455 e. The maximum atomic E-state index is 6.16. The number of furan rings is 1. The average Bonchev–Trinajstić information content (AvgIpc) is 3.07. The van der Waals surface area contributed by atoms with E-state index < -0.39 is 0 Å². The van der Waals surface area contributed by atoms with Crippen LogP contribution in [0, 0.1) is 11.7 Å². The first-order valence-corrected chi connectivity index (χ1v) is 7.44. The Morgan fingerprint density at radius 2 is 2.14 bits per heavy atom. The topological polar surface area (TPSA) is 59.1 Å². The van der Waals surface area contributed by atoms with Gasteiger partial charge in [0.25, 0.3) is 0 Å². The lowest BCUT2D eigenvalue weighted by Crippen LogP contribution is -1.92. The number of hydrogen-bond donors (Lipinski definition) is 1. The molecule has 0 aliphatic rings. The zero-order valence-corrected chi connectivity index (χ0v) is 13.7. The number of hydrogen-bond acceptors (Lipinski definition) is 4. The van der Waals surface area contributed by atoms with E-state index in [0.717, 1.165) is 5.56 Å². The molecule has 0 bridgehead atoms. The van der Waals surface area contributed by atoms with Crippen molar-refractivity contribution in [1.82, 2.24) is 14.9 Å². The number of aromatic amines is 1. The summed E-state index contributed by atoms with van der Waals surface area (Å²) in [6.07, 6.45) is 1.56. The van der Waals surface area contributed by atoms with Crippen molar-refractivity contribution in [2.45, 2.75) is 6.92 Å². The molecule has 5 nitrogen and oxygen atoms in total. The second-order valence-corrected chi connectivity index (χ2v) is 5.69. The Balaban J connectivity index is 1.91. The molecule has 3 rings (SSSR count). The van der Waals surface area contributed by atoms with Gasteiger partial charge in [0.05, 0.1) is 11.2 Å². The third-order valence-electron chi connectivity index (χ3n) is 2.93. The van der Waals surface area contributed by atoms with Gasteiger partial charge in [0.1, 0.15) is 17.3 Å². The van der Waals surface area contributed by atoms with Crippen LogP contribution in [0.25, 0.3) is 11.3 Å². The molecule has 0 aliphatic carbocycles. The van der Waals surface area contributed by atoms with Crippen molar-refractivity contribution < 1.29 is 4.42 Å². The highest BCUT2D eigenvalue weighted by molar-refractivity contribution is 7.71. The summed E-state index contributed by atoms with van der Waals surface area (Å²) < 4.78 is 7.63. The van der Waals surface area contributed by atoms with Crippen LogP contribution in [0.15, 0.2) is 39.9 Å². The van der Waals surface area contributed by atoms with Crippen LogP contribution in [-0.2, 0) is 0 Å². The zero-order valence-electron chi connectivity index (χ0n) is 11.4. The fourth-order valence-electron chi connectivity index (χ4n) is 1.87. The number of nitrogens with zero attached hydrogens (tertiary/aromatic N) is 3. The average molecular weight is 353 g/mol. The van der Waals surface area contributed by atoms with Crippen LogP contribution in [0.2, 0.25) is 10.0 Å². The summed E-state index contributed by atoms with van der Waals surface area (Å²) >= 11 is 17.2. The molecule has 0 amide bonds. The maximum Gasteiger partial charge on any atom is 0.216 e. The molecule has 22 heavy (non-hydrogen) atoms. The Hall–Kier alpha value is -1.89. The number of rotatable bonds is 3. The van der Waals surface area contributed by atoms with Gasteiger partial charge in [-0.2, -0.15) is 14.9 Å². The molecule has 1 N–H and O–H groups in total. The lowest BCUT2D eigenvalue weighted by molar-refractivity contribution is 0.574. The Labute approximate surface area is 141 Å². The zero-order chi connectivity index (χ0) is 15.7. The number of aromatic nitrogens is 3. The molecule has 0 unspecified atom stereocenters. The predicted octanol–water partition coefficient (Wildman–Crippen LogP) is 4.70. The molecule has 0 saturated carbocycles. The van der Waals surface area contributed by atoms with Crippen molar-refractivity contribution in [3.05, 3.63) is 56.7 Å². The lowest BCUT2D eigenvalue weighted by Gasteiger charge is -2.01. The number of halogens is 2. The van der Waals surface area contributed by atoms with E-state index in [1.54, 1.807) is 43.5 Å². The molecule has 8 heteroatoms. The molecule has 0 aliphatic heterocycles. The van der Waals surface area contributed by atoms with Gasteiger partial charge in [0.15, 0.2) is 0 Å². The van der Waals surface area contributed by atoms with Gasteiger partial charge in [-0.3, -0.25) is 5.10 Å². The van der Waals surface area contributed by atoms with Crippen molar-refractivity contribution in [3.63, 3.8) is 0 Å². The van der Waals surface area contributed by atoms with E-state index in [1.165, 1.54) is 4.68 Å². The summed E-state index contributed by atoms with van der Waals surface area (Å²) in [6, 6.07) is 8.79. The van der Waals surface area contributed by atoms with E-state index in [2.05, 4.69) is 15.3 Å². The second-order valence-electron chi connectivity index (χ2n) is 4.46. The van der Waals surface area contributed by atoms with Gasteiger partial charge < -0.3 is 4.42 Å². The highest BCUT2D eigenvalue weighted by atomic mass is 35.5. The number of nitrogens with one attached hydrogen (secondary N) is 1. The molecule has 0 saturated heterocycles. The minimum atomic E-state index is 0.415. The molecular formula is C14H10Cl2N4OS. The largest absolute Gasteiger partial charge is 0.455 e. The van der Waals surface area contributed by atoms with Crippen LogP contribution in [0.3, 0.4) is 0 Å². The van der Waals surface area contributed by atoms with Crippen LogP contribution in [-0.4, -0.2) is 21.1 Å². The van der Waals surface area contributed by atoms with Crippen molar-refractivity contribution in [1.29, 1.82) is 0 Å². The molecule has 112 valence electrons. The number of benzene rings is 1. The normalized spacial score (nSPS) is 11.4. The molecule has 0 atom stereocenters. The molecule has 3 aromatic rings. The monoisotopic (exact) mass is 352 g/mol. The standard InChI is InChI=1S/C14H10Cl2N4OS/c1-8-18-19-14(22)20(8)17-7-10-3-5-13(21-10)11-6-9(15)2-4-12(11)16/h2-7H,1H3,(H,19,22)/b17-7-. The quantitative estimate of drug-likeness (QED) is 0.549. The van der Waals surface area contributed by atoms with E-state index in [-0.39, 0.29) is 0 Å². The van der Waals surface area contributed by atoms with Gasteiger partial charge in [0.2, 0.25) is 4.77 Å². The van der Waals surface area contributed by atoms with Crippen molar-refractivity contribution in [2.24, 2.45) is 5.10 Å². The summed E-state index contributed by atoms with van der Waals surface area (Å²) in [4.78, 5) is 0. The molecule has 0 fully saturated rings. The Morgan fingerprint density at radius 1 is 1.32 bits per heavy atom. The van der Waals surface area contributed by atoms with E-state index in [9.17, 15) is 0 Å². The van der Waals surface area contributed by atoms with Crippen LogP contribution in [0.5, 0.6) is 0 Å². The smallest absolute Gasteiger partial charge is 0.216 e. The first-order valence-electron chi connectivity index (χ1n) is 6.28. The van der Waals surface area contributed by atoms with Crippen molar-refractivity contribution in [3.8, 4) is 11.3 Å². The molecule has 2 heterocycles. The third-order valence-corrected chi connectivity index (χ3v) is 3.76.